The number of hydrogen-bond donors (Lipinski definition) is 1. The van der Waals surface area contributed by atoms with Gasteiger partial charge in [-0.2, -0.15) is 0 Å². The quantitative estimate of drug-likeness (QED) is 0.367. The van der Waals surface area contributed by atoms with Crippen LogP contribution in [0.2, 0.25) is 0 Å². The van der Waals surface area contributed by atoms with Gasteiger partial charge in [0.1, 0.15) is 0 Å². The first-order chi connectivity index (χ1) is 4.91. The van der Waals surface area contributed by atoms with Gasteiger partial charge in [-0.25, -0.2) is 0 Å². The van der Waals surface area contributed by atoms with E-state index >= 15 is 0 Å². The molecule has 0 radical (unpaired) electrons. The van der Waals surface area contributed by atoms with Gasteiger partial charge in [-0.05, 0) is 0 Å². The molecule has 1 amide bonds. The molecule has 0 aliphatic carbocycles. The second kappa shape index (κ2) is 12.0. The molecule has 0 aliphatic heterocycles. The van der Waals surface area contributed by atoms with E-state index in [0.717, 1.165) is 0 Å². The highest BCUT2D eigenvalue weighted by molar-refractivity contribution is 6.50. The van der Waals surface area contributed by atoms with E-state index in [1.165, 1.54) is 0 Å². The van der Waals surface area contributed by atoms with Gasteiger partial charge in [0.05, 0.1) is 0 Å². The molecule has 0 aliphatic rings. The number of nitrogens with one attached hydrogen (secondary N) is 1. The first-order valence-electron chi connectivity index (χ1n) is 2.90. The summed E-state index contributed by atoms with van der Waals surface area (Å²) in [6.07, 6.45) is 0.625. The topological polar surface area (TPSA) is 29.1 Å². The van der Waals surface area contributed by atoms with Crippen molar-refractivity contribution in [3.8, 4) is 0 Å². The van der Waals surface area contributed by atoms with Crippen LogP contribution < -0.4 is 5.32 Å². The first kappa shape index (κ1) is 16.7. The Balaban J connectivity index is -0.0000000965. The highest BCUT2D eigenvalue weighted by atomic mass is 19.5. The van der Waals surface area contributed by atoms with Crippen molar-refractivity contribution in [3.63, 3.8) is 0 Å². The summed E-state index contributed by atoms with van der Waals surface area (Å²) >= 11 is 0. The summed E-state index contributed by atoms with van der Waals surface area (Å²) in [6, 6.07) is 0. The Morgan fingerprint density at radius 2 is 1.27 bits per heavy atom. The fraction of sp³-hybridized carbons (Fsp3) is 0.750. The third kappa shape index (κ3) is 7500. The molecule has 1 N–H and O–H groups in total. The van der Waals surface area contributed by atoms with Crippen LogP contribution in [0.15, 0.2) is 0 Å². The molecule has 0 atom stereocenters. The highest BCUT2D eigenvalue weighted by Crippen LogP contribution is 2.06. The molecule has 0 rings (SSSR count). The van der Waals surface area contributed by atoms with E-state index < -0.39 is 7.25 Å². The predicted molar refractivity (Wildman–Crippen MR) is 36.7 cm³/mol. The Labute approximate surface area is 63.1 Å². The van der Waals surface area contributed by atoms with Crippen LogP contribution in [0.1, 0.15) is 13.8 Å². The van der Waals surface area contributed by atoms with Crippen molar-refractivity contribution in [2.24, 2.45) is 0 Å². The number of rotatable bonds is 1. The molecular weight excluding hydrogens is 165 g/mol. The van der Waals surface area contributed by atoms with Crippen LogP contribution in [-0.2, 0) is 4.79 Å². The molecule has 0 unspecified atom stereocenters. The van der Waals surface area contributed by atoms with Crippen molar-refractivity contribution < 1.29 is 22.1 Å². The Bertz CT molecular complexity index is 71.0. The molecule has 0 heterocycles. The maximum absolute atomic E-state index is 9.75. The van der Waals surface area contributed by atoms with Gasteiger partial charge in [0.25, 0.3) is 0 Å². The molecule has 7 heteroatoms. The van der Waals surface area contributed by atoms with E-state index in [1.807, 2.05) is 13.8 Å². The fourth-order valence-electron chi connectivity index (χ4n) is 0. The molecule has 0 aromatic heterocycles. The van der Waals surface area contributed by atoms with Gasteiger partial charge >= 0.3 is 7.25 Å². The van der Waals surface area contributed by atoms with E-state index in [1.54, 1.807) is 7.05 Å². The molecule has 0 aromatic rings. The molecule has 0 spiro atoms. The lowest BCUT2D eigenvalue weighted by molar-refractivity contribution is -0.109. The molecule has 2 nitrogen and oxygen atoms in total. The third-order valence-corrected chi connectivity index (χ3v) is 0.118. The number of carbonyl (C=O) groups excluding carboxylic acids is 1. The lowest BCUT2D eigenvalue weighted by atomic mass is 10.3. The zero-order valence-electron chi connectivity index (χ0n) is 6.57. The molecule has 11 heavy (non-hydrogen) atoms. The Morgan fingerprint density at radius 3 is 1.27 bits per heavy atom. The molecule has 0 saturated heterocycles. The number of halogens is 4. The lowest BCUT2D eigenvalue weighted by Crippen LogP contribution is -2.02. The van der Waals surface area contributed by atoms with Crippen LogP contribution in [0, 0.1) is 0 Å². The summed E-state index contributed by atoms with van der Waals surface area (Å²) in [7, 11) is -4.44. The van der Waals surface area contributed by atoms with Gasteiger partial charge in [0.2, 0.25) is 6.41 Å². The van der Waals surface area contributed by atoms with Crippen molar-refractivity contribution in [1.82, 2.24) is 5.32 Å². The summed E-state index contributed by atoms with van der Waals surface area (Å²) in [6.45, 7) is 4.00. The second-order valence-corrected chi connectivity index (χ2v) is 0.901. The van der Waals surface area contributed by atoms with E-state index in [9.17, 15) is 17.3 Å². The van der Waals surface area contributed by atoms with Crippen molar-refractivity contribution in [2.75, 3.05) is 7.05 Å². The van der Waals surface area contributed by atoms with E-state index in [4.69, 9.17) is 4.79 Å². The molecule has 0 aromatic carbocycles. The zero-order chi connectivity index (χ0) is 9.91. The smallest absolute Gasteiger partial charge is 0.418 e. The SMILES string of the molecule is CC.CNC=O.F[B-](F)(F)F. The largest absolute Gasteiger partial charge is 0.673 e. The minimum atomic E-state index is -6.00. The first-order valence-corrected chi connectivity index (χ1v) is 2.90. The predicted octanol–water partition coefficient (Wildman–Crippen LogP) is 1.69. The molecular formula is C4H11BF4NO-. The summed E-state index contributed by atoms with van der Waals surface area (Å²) in [5.41, 5.74) is 0. The van der Waals surface area contributed by atoms with Crippen molar-refractivity contribution in [3.05, 3.63) is 0 Å². The normalized spacial score (nSPS) is 7.91. The zero-order valence-corrected chi connectivity index (χ0v) is 6.57. The monoisotopic (exact) mass is 176 g/mol. The average Bonchev–Trinajstić information content (AvgIpc) is 1.89. The van der Waals surface area contributed by atoms with Crippen molar-refractivity contribution in [2.45, 2.75) is 13.8 Å². The third-order valence-electron chi connectivity index (χ3n) is 0.118. The van der Waals surface area contributed by atoms with Gasteiger partial charge in [0.15, 0.2) is 0 Å². The maximum Gasteiger partial charge on any atom is 0.673 e. The van der Waals surface area contributed by atoms with E-state index in [2.05, 4.69) is 5.32 Å². The molecule has 0 bridgehead atoms. The highest BCUT2D eigenvalue weighted by Gasteiger charge is 2.20. The van der Waals surface area contributed by atoms with Gasteiger partial charge in [-0.3, -0.25) is 4.79 Å². The standard InChI is InChI=1S/C2H5NO.C2H6.BF4/c1-3-2-4;1-2;2-1(3,4)5/h2H,1H3,(H,3,4);1-2H3;/q;;-1. The number of amides is 1. The van der Waals surface area contributed by atoms with Crippen molar-refractivity contribution in [1.29, 1.82) is 0 Å². The van der Waals surface area contributed by atoms with Crippen LogP contribution in [-0.4, -0.2) is 20.7 Å². The molecule has 0 fully saturated rings. The fourth-order valence-corrected chi connectivity index (χ4v) is 0. The minimum Gasteiger partial charge on any atom is -0.418 e. The Morgan fingerprint density at radius 1 is 1.18 bits per heavy atom. The number of carbonyl (C=O) groups is 1. The summed E-state index contributed by atoms with van der Waals surface area (Å²) < 4.78 is 39.0. The summed E-state index contributed by atoms with van der Waals surface area (Å²) in [5, 5.41) is 2.25. The van der Waals surface area contributed by atoms with Crippen molar-refractivity contribution >= 4 is 13.7 Å². The van der Waals surface area contributed by atoms with Gasteiger partial charge in [-0.15, -0.1) is 0 Å². The lowest BCUT2D eigenvalue weighted by Gasteiger charge is -1.94. The van der Waals surface area contributed by atoms with Crippen LogP contribution in [0.3, 0.4) is 0 Å². The Hall–Kier alpha value is -0.745. The van der Waals surface area contributed by atoms with E-state index in [0.29, 0.717) is 6.41 Å². The van der Waals surface area contributed by atoms with Crippen LogP contribution >= 0.6 is 0 Å². The minimum absolute atomic E-state index is 0.625. The summed E-state index contributed by atoms with van der Waals surface area (Å²) in [4.78, 5) is 9.06. The van der Waals surface area contributed by atoms with Gasteiger partial charge in [0, 0.05) is 7.05 Å². The van der Waals surface area contributed by atoms with Crippen LogP contribution in [0.25, 0.3) is 0 Å². The molecule has 0 saturated carbocycles. The number of hydrogen-bond acceptors (Lipinski definition) is 1. The second-order valence-electron chi connectivity index (χ2n) is 0.901. The van der Waals surface area contributed by atoms with Gasteiger partial charge < -0.3 is 22.6 Å². The Kier molecular flexibility index (Phi) is 18.2. The van der Waals surface area contributed by atoms with E-state index in [-0.39, 0.29) is 0 Å². The molecule has 70 valence electrons. The van der Waals surface area contributed by atoms with Crippen LogP contribution in [0.4, 0.5) is 17.3 Å². The van der Waals surface area contributed by atoms with Gasteiger partial charge in [-0.1, -0.05) is 13.8 Å². The average molecular weight is 176 g/mol. The maximum atomic E-state index is 9.75. The summed E-state index contributed by atoms with van der Waals surface area (Å²) in [5.74, 6) is 0. The van der Waals surface area contributed by atoms with Crippen LogP contribution in [0.5, 0.6) is 0 Å².